The van der Waals surface area contributed by atoms with Crippen molar-refractivity contribution in [2.24, 2.45) is 22.8 Å². The van der Waals surface area contributed by atoms with E-state index in [4.69, 9.17) is 25.4 Å². The van der Waals surface area contributed by atoms with E-state index in [2.05, 4.69) is 6.92 Å². The van der Waals surface area contributed by atoms with E-state index in [-0.39, 0.29) is 5.75 Å². The van der Waals surface area contributed by atoms with Gasteiger partial charge in [0.1, 0.15) is 36.2 Å². The lowest BCUT2D eigenvalue weighted by molar-refractivity contribution is -0.199. The molecule has 0 aliphatic carbocycles. The van der Waals surface area contributed by atoms with Crippen LogP contribution < -0.4 is 16.2 Å². The first-order chi connectivity index (χ1) is 17.6. The van der Waals surface area contributed by atoms with Gasteiger partial charge in [-0.3, -0.25) is 4.79 Å². The van der Waals surface area contributed by atoms with Gasteiger partial charge in [0.2, 0.25) is 0 Å². The van der Waals surface area contributed by atoms with Crippen molar-refractivity contribution < 1.29 is 31.9 Å². The predicted octanol–water partition coefficient (Wildman–Crippen LogP) is 6.24. The molecule has 0 amide bonds. The third-order valence-corrected chi connectivity index (χ3v) is 6.68. The Morgan fingerprint density at radius 1 is 1.03 bits per heavy atom. The minimum absolute atomic E-state index is 0.218. The van der Waals surface area contributed by atoms with Gasteiger partial charge < -0.3 is 25.4 Å². The molecular weight excluding hydrogens is 497 g/mol. The highest BCUT2D eigenvalue weighted by molar-refractivity contribution is 5.84. The lowest BCUT2D eigenvalue weighted by Gasteiger charge is -2.34. The Morgan fingerprint density at radius 3 is 2.34 bits per heavy atom. The molecule has 1 heterocycles. The Hall–Kier alpha value is -3.04. The maximum absolute atomic E-state index is 13.7. The smallest absolute Gasteiger partial charge is 0.398 e. The summed E-state index contributed by atoms with van der Waals surface area (Å²) in [5, 5.41) is 0.804. The molecule has 0 saturated heterocycles. The number of aryl methyl sites for hydroxylation is 1. The Bertz CT molecular complexity index is 1240. The third-order valence-electron chi connectivity index (χ3n) is 6.68. The van der Waals surface area contributed by atoms with Crippen LogP contribution in [0.5, 0.6) is 5.75 Å². The second kappa shape index (κ2) is 11.4. The van der Waals surface area contributed by atoms with Gasteiger partial charge in [0.15, 0.2) is 0 Å². The molecule has 0 radical (unpaired) electrons. The van der Waals surface area contributed by atoms with E-state index in [1.165, 1.54) is 13.8 Å². The summed E-state index contributed by atoms with van der Waals surface area (Å²) in [4.78, 5) is 12.6. The number of alkyl halides is 3. The lowest BCUT2D eigenvalue weighted by atomic mass is 9.79. The van der Waals surface area contributed by atoms with Crippen LogP contribution in [0.15, 0.2) is 52.9 Å². The van der Waals surface area contributed by atoms with Crippen LogP contribution in [-0.4, -0.2) is 36.9 Å². The number of benzene rings is 2. The van der Waals surface area contributed by atoms with E-state index in [0.717, 1.165) is 22.9 Å². The topological polar surface area (TPSA) is 101 Å². The predicted molar refractivity (Wildman–Crippen MR) is 142 cm³/mol. The number of nitrogens with two attached hydrogens (primary N) is 2. The molecule has 0 bridgehead atoms. The number of esters is 1. The van der Waals surface area contributed by atoms with E-state index in [9.17, 15) is 18.0 Å². The van der Waals surface area contributed by atoms with Crippen LogP contribution in [0.3, 0.4) is 0 Å². The molecule has 9 heteroatoms. The zero-order valence-electron chi connectivity index (χ0n) is 22.5. The molecule has 2 unspecified atom stereocenters. The first kappa shape index (κ1) is 29.5. The summed E-state index contributed by atoms with van der Waals surface area (Å²) in [6, 6.07) is 14.0. The second-order valence-corrected chi connectivity index (χ2v) is 11.0. The highest BCUT2D eigenvalue weighted by Crippen LogP contribution is 2.34. The standard InChI is InChI=1S/C29H37F3N2O4/c1-6-18-9-7-8-10-22(18)24-13-19-11-12-21(14-23(19)38-24)36-16-20(29(30,31)32)17-37-26(35)28(4,5)25(33)15-27(2,3)34/h7-14,20,25H,6,15-17,33-34H2,1-5H3. The fraction of sp³-hybridized carbons (Fsp3) is 0.483. The van der Waals surface area contributed by atoms with Crippen molar-refractivity contribution in [1.29, 1.82) is 0 Å². The van der Waals surface area contributed by atoms with Gasteiger partial charge in [-0.05, 0) is 64.3 Å². The molecule has 0 fully saturated rings. The van der Waals surface area contributed by atoms with Gasteiger partial charge in [0.25, 0.3) is 0 Å². The molecule has 2 aromatic carbocycles. The van der Waals surface area contributed by atoms with Crippen molar-refractivity contribution in [2.45, 2.75) is 65.2 Å². The highest BCUT2D eigenvalue weighted by Gasteiger charge is 2.43. The van der Waals surface area contributed by atoms with Gasteiger partial charge in [-0.15, -0.1) is 0 Å². The van der Waals surface area contributed by atoms with Gasteiger partial charge in [0, 0.05) is 28.6 Å². The number of carbonyl (C=O) groups is 1. The second-order valence-electron chi connectivity index (χ2n) is 11.0. The average Bonchev–Trinajstić information content (AvgIpc) is 3.25. The van der Waals surface area contributed by atoms with Crippen LogP contribution in [0.4, 0.5) is 13.2 Å². The van der Waals surface area contributed by atoms with Crippen LogP contribution in [0.2, 0.25) is 0 Å². The highest BCUT2D eigenvalue weighted by atomic mass is 19.4. The molecule has 4 N–H and O–H groups in total. The summed E-state index contributed by atoms with van der Waals surface area (Å²) in [6.45, 7) is 7.04. The zero-order valence-corrected chi connectivity index (χ0v) is 22.5. The molecule has 2 atom stereocenters. The van der Waals surface area contributed by atoms with Gasteiger partial charge in [-0.2, -0.15) is 13.2 Å². The average molecular weight is 535 g/mol. The summed E-state index contributed by atoms with van der Waals surface area (Å²) in [6.07, 6.45) is -3.52. The Kier molecular flexibility index (Phi) is 8.83. The van der Waals surface area contributed by atoms with Gasteiger partial charge >= 0.3 is 12.1 Å². The molecule has 0 aliphatic rings. The first-order valence-electron chi connectivity index (χ1n) is 12.6. The van der Waals surface area contributed by atoms with Crippen LogP contribution in [0.25, 0.3) is 22.3 Å². The monoisotopic (exact) mass is 534 g/mol. The molecule has 3 aromatic rings. The molecule has 6 nitrogen and oxygen atoms in total. The van der Waals surface area contributed by atoms with Crippen molar-refractivity contribution in [3.05, 3.63) is 54.1 Å². The number of halogens is 3. The summed E-state index contributed by atoms with van der Waals surface area (Å²) in [5.41, 5.74) is 12.8. The molecule has 1 aromatic heterocycles. The summed E-state index contributed by atoms with van der Waals surface area (Å²) < 4.78 is 57.8. The van der Waals surface area contributed by atoms with Crippen LogP contribution >= 0.6 is 0 Å². The van der Waals surface area contributed by atoms with Crippen molar-refractivity contribution in [1.82, 2.24) is 0 Å². The van der Waals surface area contributed by atoms with E-state index in [1.54, 1.807) is 32.0 Å². The fourth-order valence-electron chi connectivity index (χ4n) is 4.07. The molecule has 38 heavy (non-hydrogen) atoms. The Balaban J connectivity index is 1.68. The lowest BCUT2D eigenvalue weighted by Crippen LogP contribution is -2.50. The van der Waals surface area contributed by atoms with Crippen molar-refractivity contribution in [3.63, 3.8) is 0 Å². The maximum Gasteiger partial charge on any atom is 0.398 e. The first-order valence-corrected chi connectivity index (χ1v) is 12.6. The molecule has 208 valence electrons. The number of carbonyl (C=O) groups excluding carboxylic acids is 1. The minimum atomic E-state index is -4.64. The van der Waals surface area contributed by atoms with Crippen LogP contribution in [0, 0.1) is 11.3 Å². The number of fused-ring (bicyclic) bond motifs is 1. The number of hydrogen-bond donors (Lipinski definition) is 2. The molecule has 0 aliphatic heterocycles. The summed E-state index contributed by atoms with van der Waals surface area (Å²) in [5.74, 6) is -1.95. The third kappa shape index (κ3) is 7.29. The van der Waals surface area contributed by atoms with Crippen LogP contribution in [0.1, 0.15) is 46.6 Å². The number of ether oxygens (including phenoxy) is 2. The van der Waals surface area contributed by atoms with E-state index in [0.29, 0.717) is 17.8 Å². The Morgan fingerprint density at radius 2 is 1.71 bits per heavy atom. The molecule has 0 saturated carbocycles. The number of hydrogen-bond acceptors (Lipinski definition) is 6. The summed E-state index contributed by atoms with van der Waals surface area (Å²) >= 11 is 0. The molecule has 3 rings (SSSR count). The van der Waals surface area contributed by atoms with Crippen LogP contribution in [-0.2, 0) is 16.0 Å². The SMILES string of the molecule is CCc1ccccc1-c1cc2ccc(OCC(COC(=O)C(C)(C)C(N)CC(C)(C)N)C(F)(F)F)cc2o1. The van der Waals surface area contributed by atoms with E-state index < -0.39 is 48.3 Å². The van der Waals surface area contributed by atoms with Gasteiger partial charge in [-0.25, -0.2) is 0 Å². The minimum Gasteiger partial charge on any atom is -0.493 e. The van der Waals surface area contributed by atoms with Crippen molar-refractivity contribution >= 4 is 16.9 Å². The van der Waals surface area contributed by atoms with E-state index in [1.807, 2.05) is 30.3 Å². The van der Waals surface area contributed by atoms with Gasteiger partial charge in [0.05, 0.1) is 5.41 Å². The molecular formula is C29H37F3N2O4. The summed E-state index contributed by atoms with van der Waals surface area (Å²) in [7, 11) is 0. The normalized spacial score (nSPS) is 14.4. The largest absolute Gasteiger partial charge is 0.493 e. The quantitative estimate of drug-likeness (QED) is 0.282. The van der Waals surface area contributed by atoms with E-state index >= 15 is 0 Å². The zero-order chi connectivity index (χ0) is 28.3. The number of rotatable bonds is 11. The Labute approximate surface area is 221 Å². The number of furan rings is 1. The van der Waals surface area contributed by atoms with Gasteiger partial charge in [-0.1, -0.05) is 31.2 Å². The molecule has 0 spiro atoms. The van der Waals surface area contributed by atoms with Crippen molar-refractivity contribution in [3.8, 4) is 17.1 Å². The van der Waals surface area contributed by atoms with Crippen molar-refractivity contribution in [2.75, 3.05) is 13.2 Å². The fourth-order valence-corrected chi connectivity index (χ4v) is 4.07. The maximum atomic E-state index is 13.7.